The van der Waals surface area contributed by atoms with Crippen molar-refractivity contribution >= 4 is 5.91 Å². The highest BCUT2D eigenvalue weighted by atomic mass is 16.3. The summed E-state index contributed by atoms with van der Waals surface area (Å²) in [4.78, 5) is 12.1. The maximum atomic E-state index is 12.1. The molecule has 4 nitrogen and oxygen atoms in total. The number of benzene rings is 1. The van der Waals surface area contributed by atoms with Crippen molar-refractivity contribution in [3.63, 3.8) is 0 Å². The predicted octanol–water partition coefficient (Wildman–Crippen LogP) is 1.40. The molecule has 0 spiro atoms. The summed E-state index contributed by atoms with van der Waals surface area (Å²) in [5.41, 5.74) is 0.200. The largest absolute Gasteiger partial charge is 0.394 e. The lowest BCUT2D eigenvalue weighted by atomic mass is 9.69. The molecule has 2 rings (SSSR count). The van der Waals surface area contributed by atoms with Gasteiger partial charge in [-0.05, 0) is 31.2 Å². The van der Waals surface area contributed by atoms with Crippen molar-refractivity contribution in [1.82, 2.24) is 5.32 Å². The molecular weight excluding hydrogens is 240 g/mol. The van der Waals surface area contributed by atoms with Crippen LogP contribution < -0.4 is 5.32 Å². The molecule has 0 radical (unpaired) electrons. The molecule has 1 unspecified atom stereocenters. The number of amides is 1. The fraction of sp³-hybridized carbons (Fsp3) is 0.467. The Balaban J connectivity index is 1.96. The zero-order valence-corrected chi connectivity index (χ0v) is 10.8. The van der Waals surface area contributed by atoms with Gasteiger partial charge in [0.25, 0.3) is 0 Å². The van der Waals surface area contributed by atoms with Crippen molar-refractivity contribution in [2.75, 3.05) is 6.61 Å². The molecule has 1 fully saturated rings. The van der Waals surface area contributed by atoms with Gasteiger partial charge in [0.05, 0.1) is 18.7 Å². The predicted molar refractivity (Wildman–Crippen MR) is 71.1 cm³/mol. The summed E-state index contributed by atoms with van der Waals surface area (Å²) < 4.78 is 0. The van der Waals surface area contributed by atoms with Crippen LogP contribution in [0.1, 0.15) is 24.8 Å². The standard InChI is InChI=1S/C15H18N2O2/c16-11-15(7-4-8-15)14(19)17-13(10-18)9-12-5-2-1-3-6-12/h1-3,5-6,13,18H,4,7-10H2,(H,17,19). The second-order valence-corrected chi connectivity index (χ2v) is 5.09. The molecule has 1 aliphatic rings. The Hall–Kier alpha value is -1.86. The van der Waals surface area contributed by atoms with E-state index in [1.807, 2.05) is 30.3 Å². The van der Waals surface area contributed by atoms with Crippen LogP contribution >= 0.6 is 0 Å². The number of carbonyl (C=O) groups is 1. The minimum atomic E-state index is -0.857. The molecule has 1 aromatic rings. The molecular formula is C15H18N2O2. The van der Waals surface area contributed by atoms with E-state index in [-0.39, 0.29) is 18.6 Å². The van der Waals surface area contributed by atoms with Crippen molar-refractivity contribution in [2.45, 2.75) is 31.7 Å². The van der Waals surface area contributed by atoms with E-state index >= 15 is 0 Å². The first-order valence-corrected chi connectivity index (χ1v) is 6.57. The third kappa shape index (κ3) is 2.94. The first-order chi connectivity index (χ1) is 9.20. The molecule has 4 heteroatoms. The SMILES string of the molecule is N#CC1(C(=O)NC(CO)Cc2ccccc2)CCC1. The van der Waals surface area contributed by atoms with Gasteiger partial charge >= 0.3 is 0 Å². The van der Waals surface area contributed by atoms with E-state index in [4.69, 9.17) is 5.26 Å². The van der Waals surface area contributed by atoms with Crippen LogP contribution in [0, 0.1) is 16.7 Å². The zero-order valence-electron chi connectivity index (χ0n) is 10.8. The number of hydrogen-bond acceptors (Lipinski definition) is 3. The highest BCUT2D eigenvalue weighted by molar-refractivity contribution is 5.86. The smallest absolute Gasteiger partial charge is 0.240 e. The van der Waals surface area contributed by atoms with Crippen LogP contribution in [0.3, 0.4) is 0 Å². The first kappa shape index (κ1) is 13.6. The lowest BCUT2D eigenvalue weighted by Crippen LogP contribution is -2.50. The Kier molecular flexibility index (Phi) is 4.18. The van der Waals surface area contributed by atoms with Crippen molar-refractivity contribution in [3.8, 4) is 6.07 Å². The Labute approximate surface area is 113 Å². The van der Waals surface area contributed by atoms with Gasteiger partial charge in [-0.25, -0.2) is 0 Å². The van der Waals surface area contributed by atoms with Crippen LogP contribution in [0.2, 0.25) is 0 Å². The molecule has 0 aromatic heterocycles. The summed E-state index contributed by atoms with van der Waals surface area (Å²) in [6.07, 6.45) is 2.74. The van der Waals surface area contributed by atoms with Crippen LogP contribution in [0.25, 0.3) is 0 Å². The zero-order chi connectivity index (χ0) is 13.7. The Morgan fingerprint density at radius 2 is 2.11 bits per heavy atom. The van der Waals surface area contributed by atoms with Gasteiger partial charge in [-0.15, -0.1) is 0 Å². The first-order valence-electron chi connectivity index (χ1n) is 6.57. The maximum Gasteiger partial charge on any atom is 0.240 e. The van der Waals surface area contributed by atoms with Gasteiger partial charge in [-0.2, -0.15) is 5.26 Å². The van der Waals surface area contributed by atoms with Gasteiger partial charge in [0.15, 0.2) is 0 Å². The molecule has 0 aliphatic heterocycles. The number of nitriles is 1. The minimum absolute atomic E-state index is 0.123. The van der Waals surface area contributed by atoms with Crippen LogP contribution in [0.4, 0.5) is 0 Å². The average molecular weight is 258 g/mol. The fourth-order valence-electron chi connectivity index (χ4n) is 2.30. The molecule has 0 bridgehead atoms. The van der Waals surface area contributed by atoms with Crippen LogP contribution in [-0.4, -0.2) is 23.7 Å². The summed E-state index contributed by atoms with van der Waals surface area (Å²) in [5, 5.41) is 21.3. The van der Waals surface area contributed by atoms with Gasteiger partial charge in [0.2, 0.25) is 5.91 Å². The van der Waals surface area contributed by atoms with E-state index in [9.17, 15) is 9.90 Å². The van der Waals surface area contributed by atoms with Gasteiger partial charge in [-0.1, -0.05) is 30.3 Å². The lowest BCUT2D eigenvalue weighted by molar-refractivity contribution is -0.132. The second-order valence-electron chi connectivity index (χ2n) is 5.09. The monoisotopic (exact) mass is 258 g/mol. The highest BCUT2D eigenvalue weighted by Gasteiger charge is 2.45. The topological polar surface area (TPSA) is 73.1 Å². The molecule has 1 saturated carbocycles. The summed E-state index contributed by atoms with van der Waals surface area (Å²) in [6, 6.07) is 11.5. The van der Waals surface area contributed by atoms with Crippen LogP contribution in [0.15, 0.2) is 30.3 Å². The molecule has 2 N–H and O–H groups in total. The lowest BCUT2D eigenvalue weighted by Gasteiger charge is -2.34. The summed E-state index contributed by atoms with van der Waals surface area (Å²) in [5.74, 6) is -0.240. The molecule has 100 valence electrons. The normalized spacial score (nSPS) is 17.9. The Bertz CT molecular complexity index is 475. The third-order valence-corrected chi connectivity index (χ3v) is 3.74. The van der Waals surface area contributed by atoms with Gasteiger partial charge in [0, 0.05) is 0 Å². The van der Waals surface area contributed by atoms with Crippen LogP contribution in [0.5, 0.6) is 0 Å². The van der Waals surface area contributed by atoms with Crippen molar-refractivity contribution in [2.24, 2.45) is 5.41 Å². The van der Waals surface area contributed by atoms with Crippen molar-refractivity contribution < 1.29 is 9.90 Å². The number of nitrogens with zero attached hydrogens (tertiary/aromatic N) is 1. The highest BCUT2D eigenvalue weighted by Crippen LogP contribution is 2.40. The quantitative estimate of drug-likeness (QED) is 0.838. The van der Waals surface area contributed by atoms with E-state index in [0.29, 0.717) is 19.3 Å². The average Bonchev–Trinajstić information content (AvgIpc) is 2.38. The second kappa shape index (κ2) is 5.85. The van der Waals surface area contributed by atoms with E-state index in [1.165, 1.54) is 0 Å². The van der Waals surface area contributed by atoms with Gasteiger partial charge in [0.1, 0.15) is 5.41 Å². The molecule has 1 aliphatic carbocycles. The maximum absolute atomic E-state index is 12.1. The van der Waals surface area contributed by atoms with Gasteiger partial charge in [-0.3, -0.25) is 4.79 Å². The van der Waals surface area contributed by atoms with E-state index in [2.05, 4.69) is 11.4 Å². The Morgan fingerprint density at radius 1 is 1.42 bits per heavy atom. The van der Waals surface area contributed by atoms with E-state index < -0.39 is 5.41 Å². The molecule has 1 amide bonds. The van der Waals surface area contributed by atoms with E-state index in [0.717, 1.165) is 12.0 Å². The summed E-state index contributed by atoms with van der Waals surface area (Å²) >= 11 is 0. The van der Waals surface area contributed by atoms with Crippen molar-refractivity contribution in [1.29, 1.82) is 5.26 Å². The summed E-state index contributed by atoms with van der Waals surface area (Å²) in [6.45, 7) is -0.123. The Morgan fingerprint density at radius 3 is 2.58 bits per heavy atom. The van der Waals surface area contributed by atoms with Crippen LogP contribution in [-0.2, 0) is 11.2 Å². The number of rotatable bonds is 5. The fourth-order valence-corrected chi connectivity index (χ4v) is 2.30. The number of nitrogens with one attached hydrogen (secondary N) is 1. The third-order valence-electron chi connectivity index (χ3n) is 3.74. The number of aliphatic hydroxyl groups is 1. The van der Waals surface area contributed by atoms with Gasteiger partial charge < -0.3 is 10.4 Å². The molecule has 19 heavy (non-hydrogen) atoms. The number of aliphatic hydroxyl groups excluding tert-OH is 1. The molecule has 0 saturated heterocycles. The van der Waals surface area contributed by atoms with E-state index in [1.54, 1.807) is 0 Å². The number of carbonyl (C=O) groups excluding carboxylic acids is 1. The molecule has 0 heterocycles. The molecule has 1 aromatic carbocycles. The van der Waals surface area contributed by atoms with Crippen molar-refractivity contribution in [3.05, 3.63) is 35.9 Å². The minimum Gasteiger partial charge on any atom is -0.394 e. The summed E-state index contributed by atoms with van der Waals surface area (Å²) in [7, 11) is 0. The number of hydrogen-bond donors (Lipinski definition) is 2. The molecule has 1 atom stereocenters.